The molecule has 0 aromatic carbocycles. The minimum absolute atomic E-state index is 0.0730. The molecule has 0 saturated heterocycles. The molecule has 3 aliphatic rings. The van der Waals surface area contributed by atoms with Gasteiger partial charge < -0.3 is 10.3 Å². The maximum Gasteiger partial charge on any atom is 0.254 e. The molecule has 7 heteroatoms. The standard InChI is InChI=1S/C18H24N6O/c25-18-15-3-5-23(10-13-8-14-9-19-4-6-24(14)22-13)11-16(15)20-17(21-18)7-12-1-2-12/h8,12,19H,1-7,9-11H2,(H,20,21,25). The van der Waals surface area contributed by atoms with Crippen LogP contribution >= 0.6 is 0 Å². The van der Waals surface area contributed by atoms with Crippen molar-refractivity contribution in [2.45, 2.75) is 51.9 Å². The zero-order valence-corrected chi connectivity index (χ0v) is 14.4. The van der Waals surface area contributed by atoms with Crippen molar-refractivity contribution < 1.29 is 0 Å². The maximum absolute atomic E-state index is 12.3. The number of aromatic nitrogens is 4. The molecule has 5 rings (SSSR count). The van der Waals surface area contributed by atoms with E-state index in [2.05, 4.69) is 25.9 Å². The summed E-state index contributed by atoms with van der Waals surface area (Å²) in [5.74, 6) is 1.60. The molecular formula is C18H24N6O. The van der Waals surface area contributed by atoms with Gasteiger partial charge in [-0.1, -0.05) is 0 Å². The van der Waals surface area contributed by atoms with E-state index in [4.69, 9.17) is 10.1 Å². The quantitative estimate of drug-likeness (QED) is 0.851. The summed E-state index contributed by atoms with van der Waals surface area (Å²) in [5, 5.41) is 8.11. The lowest BCUT2D eigenvalue weighted by atomic mass is 10.1. The van der Waals surface area contributed by atoms with Crippen LogP contribution in [0.3, 0.4) is 0 Å². The van der Waals surface area contributed by atoms with Crippen molar-refractivity contribution in [3.05, 3.63) is 44.9 Å². The molecule has 0 spiro atoms. The molecule has 1 aliphatic carbocycles. The highest BCUT2D eigenvalue weighted by atomic mass is 16.1. The summed E-state index contributed by atoms with van der Waals surface area (Å²) in [6, 6.07) is 2.20. The van der Waals surface area contributed by atoms with Gasteiger partial charge in [-0.15, -0.1) is 0 Å². The molecule has 4 heterocycles. The molecule has 0 atom stereocenters. The third-order valence-electron chi connectivity index (χ3n) is 5.49. The molecule has 2 N–H and O–H groups in total. The van der Waals surface area contributed by atoms with E-state index in [1.165, 1.54) is 18.5 Å². The Labute approximate surface area is 146 Å². The predicted molar refractivity (Wildman–Crippen MR) is 93.0 cm³/mol. The van der Waals surface area contributed by atoms with E-state index in [1.807, 2.05) is 0 Å². The average Bonchev–Trinajstić information content (AvgIpc) is 3.31. The Hall–Kier alpha value is -1.99. The fourth-order valence-corrected chi connectivity index (χ4v) is 3.93. The summed E-state index contributed by atoms with van der Waals surface area (Å²) >= 11 is 0. The van der Waals surface area contributed by atoms with Crippen LogP contribution in [0.25, 0.3) is 0 Å². The average molecular weight is 340 g/mol. The van der Waals surface area contributed by atoms with Crippen molar-refractivity contribution >= 4 is 0 Å². The van der Waals surface area contributed by atoms with Gasteiger partial charge in [-0.25, -0.2) is 4.98 Å². The molecule has 0 amide bonds. The molecule has 132 valence electrons. The number of H-pyrrole nitrogens is 1. The first-order chi connectivity index (χ1) is 12.2. The molecule has 25 heavy (non-hydrogen) atoms. The largest absolute Gasteiger partial charge is 0.310 e. The number of nitrogens with zero attached hydrogens (tertiary/aromatic N) is 4. The number of nitrogens with one attached hydrogen (secondary N) is 2. The van der Waals surface area contributed by atoms with Gasteiger partial charge in [0, 0.05) is 44.7 Å². The highest BCUT2D eigenvalue weighted by Crippen LogP contribution is 2.31. The first kappa shape index (κ1) is 15.3. The van der Waals surface area contributed by atoms with Gasteiger partial charge in [0.15, 0.2) is 0 Å². The second-order valence-corrected chi connectivity index (χ2v) is 7.57. The molecule has 2 aliphatic heterocycles. The van der Waals surface area contributed by atoms with Crippen molar-refractivity contribution in [1.82, 2.24) is 30.0 Å². The van der Waals surface area contributed by atoms with Crippen LogP contribution in [0.1, 0.15) is 41.3 Å². The van der Waals surface area contributed by atoms with Gasteiger partial charge in [-0.3, -0.25) is 14.4 Å². The van der Waals surface area contributed by atoms with Crippen molar-refractivity contribution in [3.8, 4) is 0 Å². The molecule has 2 aromatic heterocycles. The van der Waals surface area contributed by atoms with E-state index in [-0.39, 0.29) is 5.56 Å². The van der Waals surface area contributed by atoms with E-state index in [1.54, 1.807) is 0 Å². The minimum atomic E-state index is 0.0730. The summed E-state index contributed by atoms with van der Waals surface area (Å²) in [6.45, 7) is 5.29. The minimum Gasteiger partial charge on any atom is -0.310 e. The van der Waals surface area contributed by atoms with Crippen molar-refractivity contribution in [2.24, 2.45) is 5.92 Å². The zero-order chi connectivity index (χ0) is 16.8. The van der Waals surface area contributed by atoms with Crippen LogP contribution < -0.4 is 10.9 Å². The van der Waals surface area contributed by atoms with Crippen LogP contribution in [0.5, 0.6) is 0 Å². The molecule has 2 aromatic rings. The molecule has 0 unspecified atom stereocenters. The lowest BCUT2D eigenvalue weighted by molar-refractivity contribution is 0.236. The van der Waals surface area contributed by atoms with Gasteiger partial charge in [0.2, 0.25) is 0 Å². The lowest BCUT2D eigenvalue weighted by Crippen LogP contribution is -2.35. The van der Waals surface area contributed by atoms with Gasteiger partial charge in [-0.2, -0.15) is 5.10 Å². The summed E-state index contributed by atoms with van der Waals surface area (Å²) in [7, 11) is 0. The number of hydrogen-bond donors (Lipinski definition) is 2. The third kappa shape index (κ3) is 3.14. The Kier molecular flexibility index (Phi) is 3.71. The number of fused-ring (bicyclic) bond motifs is 2. The fraction of sp³-hybridized carbons (Fsp3) is 0.611. The monoisotopic (exact) mass is 340 g/mol. The first-order valence-corrected chi connectivity index (χ1v) is 9.34. The van der Waals surface area contributed by atoms with Crippen LogP contribution in [0.15, 0.2) is 10.9 Å². The smallest absolute Gasteiger partial charge is 0.254 e. The molecule has 1 fully saturated rings. The Morgan fingerprint density at radius 1 is 1.28 bits per heavy atom. The van der Waals surface area contributed by atoms with Gasteiger partial charge in [0.25, 0.3) is 5.56 Å². The zero-order valence-electron chi connectivity index (χ0n) is 14.4. The maximum atomic E-state index is 12.3. The van der Waals surface area contributed by atoms with Crippen LogP contribution in [-0.2, 0) is 39.0 Å². The van der Waals surface area contributed by atoms with E-state index in [9.17, 15) is 4.79 Å². The Bertz CT molecular complexity index is 826. The highest BCUT2D eigenvalue weighted by molar-refractivity contribution is 5.22. The van der Waals surface area contributed by atoms with E-state index in [0.29, 0.717) is 0 Å². The van der Waals surface area contributed by atoms with Crippen LogP contribution in [0.4, 0.5) is 0 Å². The molecule has 0 radical (unpaired) electrons. The number of aromatic amines is 1. The Morgan fingerprint density at radius 3 is 3.04 bits per heavy atom. The Morgan fingerprint density at radius 2 is 2.20 bits per heavy atom. The molecular weight excluding hydrogens is 316 g/mol. The highest BCUT2D eigenvalue weighted by Gasteiger charge is 2.26. The molecule has 1 saturated carbocycles. The SMILES string of the molecule is O=c1[nH]c(CC2CC2)nc2c1CCN(Cc1cc3n(n1)CCNC3)C2. The van der Waals surface area contributed by atoms with Crippen LogP contribution in [-0.4, -0.2) is 37.7 Å². The second-order valence-electron chi connectivity index (χ2n) is 7.57. The normalized spacial score (nSPS) is 20.3. The van der Waals surface area contributed by atoms with Gasteiger partial charge in [-0.05, 0) is 31.2 Å². The van der Waals surface area contributed by atoms with Crippen molar-refractivity contribution in [3.63, 3.8) is 0 Å². The van der Waals surface area contributed by atoms with E-state index < -0.39 is 0 Å². The summed E-state index contributed by atoms with van der Waals surface area (Å²) in [4.78, 5) is 22.5. The number of rotatable bonds is 4. The third-order valence-corrected chi connectivity index (χ3v) is 5.49. The lowest BCUT2D eigenvalue weighted by Gasteiger charge is -2.27. The van der Waals surface area contributed by atoms with Crippen molar-refractivity contribution in [2.75, 3.05) is 13.1 Å². The van der Waals surface area contributed by atoms with Gasteiger partial charge in [0.1, 0.15) is 5.82 Å². The van der Waals surface area contributed by atoms with E-state index in [0.717, 1.165) is 80.8 Å². The second kappa shape index (κ2) is 6.07. The van der Waals surface area contributed by atoms with Gasteiger partial charge >= 0.3 is 0 Å². The predicted octanol–water partition coefficient (Wildman–Crippen LogP) is 0.580. The molecule has 7 nitrogen and oxygen atoms in total. The van der Waals surface area contributed by atoms with Gasteiger partial charge in [0.05, 0.1) is 23.6 Å². The summed E-state index contributed by atoms with van der Waals surface area (Å²) in [5.41, 5.74) is 4.30. The fourth-order valence-electron chi connectivity index (χ4n) is 3.93. The summed E-state index contributed by atoms with van der Waals surface area (Å²) in [6.07, 6.45) is 4.24. The van der Waals surface area contributed by atoms with Crippen LogP contribution in [0, 0.1) is 5.92 Å². The summed E-state index contributed by atoms with van der Waals surface area (Å²) < 4.78 is 2.11. The van der Waals surface area contributed by atoms with Crippen molar-refractivity contribution in [1.29, 1.82) is 0 Å². The first-order valence-electron chi connectivity index (χ1n) is 9.34. The topological polar surface area (TPSA) is 78.8 Å². The number of hydrogen-bond acceptors (Lipinski definition) is 5. The van der Waals surface area contributed by atoms with Crippen LogP contribution in [0.2, 0.25) is 0 Å². The Balaban J connectivity index is 1.33. The molecule has 0 bridgehead atoms. The van der Waals surface area contributed by atoms with E-state index >= 15 is 0 Å².